The van der Waals surface area contributed by atoms with Crippen molar-refractivity contribution >= 4 is 12.1 Å². The summed E-state index contributed by atoms with van der Waals surface area (Å²) in [7, 11) is 1.26. The lowest BCUT2D eigenvalue weighted by Crippen LogP contribution is -2.55. The first-order chi connectivity index (χ1) is 15.7. The molecule has 2 aromatic rings. The van der Waals surface area contributed by atoms with Gasteiger partial charge >= 0.3 is 12.1 Å². The summed E-state index contributed by atoms with van der Waals surface area (Å²) >= 11 is 0. The van der Waals surface area contributed by atoms with Crippen LogP contribution < -0.4 is 4.74 Å². The van der Waals surface area contributed by atoms with Gasteiger partial charge in [0.15, 0.2) is 5.54 Å². The van der Waals surface area contributed by atoms with E-state index in [2.05, 4.69) is 6.07 Å². The summed E-state index contributed by atoms with van der Waals surface area (Å²) in [6, 6.07) is 18.9. The number of nitrogens with zero attached hydrogens (tertiary/aromatic N) is 2. The molecule has 1 aliphatic rings. The molecule has 2 aromatic carbocycles. The molecule has 0 radical (unpaired) electrons. The van der Waals surface area contributed by atoms with Gasteiger partial charge in [0.25, 0.3) is 0 Å². The van der Waals surface area contributed by atoms with Gasteiger partial charge in [-0.15, -0.1) is 0 Å². The Labute approximate surface area is 194 Å². The van der Waals surface area contributed by atoms with Crippen molar-refractivity contribution < 1.29 is 23.8 Å². The van der Waals surface area contributed by atoms with Gasteiger partial charge in [-0.3, -0.25) is 4.90 Å². The van der Waals surface area contributed by atoms with E-state index in [-0.39, 0.29) is 6.42 Å². The second-order valence-electron chi connectivity index (χ2n) is 9.11. The van der Waals surface area contributed by atoms with Crippen LogP contribution in [0.1, 0.15) is 57.2 Å². The highest BCUT2D eigenvalue weighted by Gasteiger charge is 2.56. The third-order valence-electron chi connectivity index (χ3n) is 5.64. The van der Waals surface area contributed by atoms with Gasteiger partial charge in [-0.05, 0) is 56.9 Å². The number of esters is 1. The maximum Gasteiger partial charge on any atom is 0.411 e. The van der Waals surface area contributed by atoms with Gasteiger partial charge in [-0.1, -0.05) is 42.5 Å². The van der Waals surface area contributed by atoms with Gasteiger partial charge in [-0.25, -0.2) is 9.59 Å². The Kier molecular flexibility index (Phi) is 7.27. The second kappa shape index (κ2) is 9.95. The summed E-state index contributed by atoms with van der Waals surface area (Å²) < 4.78 is 16.5. The van der Waals surface area contributed by atoms with Gasteiger partial charge < -0.3 is 14.2 Å². The number of hydrogen-bond donors (Lipinski definition) is 0. The normalized spacial score (nSPS) is 20.1. The van der Waals surface area contributed by atoms with Crippen molar-refractivity contribution in [3.63, 3.8) is 0 Å². The fourth-order valence-corrected chi connectivity index (χ4v) is 4.15. The number of carbonyl (C=O) groups excluding carboxylic acids is 2. The van der Waals surface area contributed by atoms with E-state index in [1.165, 1.54) is 12.0 Å². The third kappa shape index (κ3) is 5.46. The summed E-state index contributed by atoms with van der Waals surface area (Å²) in [5.74, 6) is 0.0842. The number of benzene rings is 2. The first-order valence-corrected chi connectivity index (χ1v) is 10.9. The molecule has 0 aliphatic carbocycles. The largest absolute Gasteiger partial charge is 0.489 e. The van der Waals surface area contributed by atoms with Gasteiger partial charge in [0.05, 0.1) is 25.6 Å². The highest BCUT2D eigenvalue weighted by molar-refractivity contribution is 5.87. The van der Waals surface area contributed by atoms with Crippen molar-refractivity contribution in [2.75, 3.05) is 7.11 Å². The van der Waals surface area contributed by atoms with E-state index in [0.29, 0.717) is 25.2 Å². The number of ether oxygens (including phenoxy) is 3. The fraction of sp³-hybridized carbons (Fsp3) is 0.423. The molecule has 2 atom stereocenters. The van der Waals surface area contributed by atoms with Crippen LogP contribution in [0.5, 0.6) is 5.75 Å². The first kappa shape index (κ1) is 24.1. The number of likely N-dealkylation sites (tertiary alicyclic amines) is 1. The molecular weight excluding hydrogens is 420 g/mol. The average molecular weight is 451 g/mol. The quantitative estimate of drug-likeness (QED) is 0.565. The zero-order valence-electron chi connectivity index (χ0n) is 19.5. The Balaban J connectivity index is 1.87. The van der Waals surface area contributed by atoms with Crippen molar-refractivity contribution in [1.82, 2.24) is 4.90 Å². The lowest BCUT2D eigenvalue weighted by Gasteiger charge is -2.38. The zero-order chi connectivity index (χ0) is 24.1. The van der Waals surface area contributed by atoms with Crippen LogP contribution in [-0.4, -0.2) is 35.2 Å². The van der Waals surface area contributed by atoms with Gasteiger partial charge in [0, 0.05) is 0 Å². The van der Waals surface area contributed by atoms with Crippen LogP contribution in [0, 0.1) is 11.3 Å². The topological polar surface area (TPSA) is 88.9 Å². The molecule has 0 saturated carbocycles. The molecule has 0 bridgehead atoms. The van der Waals surface area contributed by atoms with E-state index in [0.717, 1.165) is 11.1 Å². The van der Waals surface area contributed by atoms with Gasteiger partial charge in [-0.2, -0.15) is 5.26 Å². The Morgan fingerprint density at radius 1 is 1.12 bits per heavy atom. The highest BCUT2D eigenvalue weighted by atomic mass is 16.6. The number of nitriles is 1. The van der Waals surface area contributed by atoms with Gasteiger partial charge in [0.2, 0.25) is 0 Å². The molecule has 1 fully saturated rings. The summed E-state index contributed by atoms with van der Waals surface area (Å²) in [4.78, 5) is 27.5. The second-order valence-corrected chi connectivity index (χ2v) is 9.11. The minimum atomic E-state index is -1.39. The number of methoxy groups -OCH3 is 1. The van der Waals surface area contributed by atoms with Crippen LogP contribution in [0.2, 0.25) is 0 Å². The molecule has 1 amide bonds. The number of amides is 1. The van der Waals surface area contributed by atoms with Crippen LogP contribution >= 0.6 is 0 Å². The molecule has 1 heterocycles. The molecule has 174 valence electrons. The van der Waals surface area contributed by atoms with E-state index >= 15 is 0 Å². The summed E-state index contributed by atoms with van der Waals surface area (Å²) in [6.45, 7) is 5.73. The smallest absolute Gasteiger partial charge is 0.411 e. The predicted molar refractivity (Wildman–Crippen MR) is 122 cm³/mol. The Bertz CT molecular complexity index is 1010. The molecule has 0 unspecified atom stereocenters. The molecule has 0 spiro atoms. The molecule has 7 heteroatoms. The Morgan fingerprint density at radius 3 is 2.36 bits per heavy atom. The van der Waals surface area contributed by atoms with Crippen LogP contribution in [0.25, 0.3) is 0 Å². The number of rotatable bonds is 6. The Morgan fingerprint density at radius 2 is 1.79 bits per heavy atom. The molecular formula is C26H30N2O5. The van der Waals surface area contributed by atoms with Gasteiger partial charge in [0.1, 0.15) is 18.0 Å². The molecule has 3 rings (SSSR count). The SMILES string of the molecule is COC(=O)[C@@]1(CC#N)CC[C@@H](c2ccc(OCc3ccccc3)cc2)N1C(=O)OC(C)(C)C. The highest BCUT2D eigenvalue weighted by Crippen LogP contribution is 2.46. The van der Waals surface area contributed by atoms with E-state index in [1.807, 2.05) is 54.6 Å². The van der Waals surface area contributed by atoms with E-state index in [1.54, 1.807) is 20.8 Å². The number of carbonyl (C=O) groups is 2. The molecule has 0 aromatic heterocycles. The summed E-state index contributed by atoms with van der Waals surface area (Å²) in [6.07, 6.45) is -0.00723. The minimum absolute atomic E-state index is 0.173. The number of hydrogen-bond acceptors (Lipinski definition) is 6. The standard InChI is InChI=1S/C26H30N2O5/c1-25(2,3)33-24(30)28-22(14-15-26(28,16-17-27)23(29)31-4)20-10-12-21(13-11-20)32-18-19-8-6-5-7-9-19/h5-13,22H,14-16,18H2,1-4H3/t22-,26-/m0/s1. The molecule has 7 nitrogen and oxygen atoms in total. The molecule has 1 aliphatic heterocycles. The fourth-order valence-electron chi connectivity index (χ4n) is 4.15. The molecule has 33 heavy (non-hydrogen) atoms. The minimum Gasteiger partial charge on any atom is -0.489 e. The third-order valence-corrected chi connectivity index (χ3v) is 5.64. The maximum absolute atomic E-state index is 13.2. The van der Waals surface area contributed by atoms with Crippen LogP contribution in [0.4, 0.5) is 4.79 Å². The lowest BCUT2D eigenvalue weighted by molar-refractivity contribution is -0.153. The van der Waals surface area contributed by atoms with E-state index in [9.17, 15) is 14.9 Å². The summed E-state index contributed by atoms with van der Waals surface area (Å²) in [5, 5.41) is 9.46. The van der Waals surface area contributed by atoms with E-state index < -0.39 is 29.2 Å². The van der Waals surface area contributed by atoms with Crippen LogP contribution in [-0.2, 0) is 20.9 Å². The summed E-state index contributed by atoms with van der Waals surface area (Å²) in [5.41, 5.74) is -0.253. The van der Waals surface area contributed by atoms with E-state index in [4.69, 9.17) is 14.2 Å². The monoisotopic (exact) mass is 450 g/mol. The van der Waals surface area contributed by atoms with Crippen molar-refractivity contribution in [3.05, 3.63) is 65.7 Å². The molecule has 0 N–H and O–H groups in total. The van der Waals surface area contributed by atoms with Crippen molar-refractivity contribution in [2.45, 2.75) is 63.8 Å². The Hall–Kier alpha value is -3.53. The first-order valence-electron chi connectivity index (χ1n) is 10.9. The maximum atomic E-state index is 13.2. The van der Waals surface area contributed by atoms with Crippen molar-refractivity contribution in [3.8, 4) is 11.8 Å². The predicted octanol–water partition coefficient (Wildman–Crippen LogP) is 5.16. The van der Waals surface area contributed by atoms with Crippen molar-refractivity contribution in [2.24, 2.45) is 0 Å². The zero-order valence-corrected chi connectivity index (χ0v) is 19.5. The van der Waals surface area contributed by atoms with Crippen LogP contribution in [0.15, 0.2) is 54.6 Å². The lowest BCUT2D eigenvalue weighted by atomic mass is 9.93. The van der Waals surface area contributed by atoms with Crippen LogP contribution in [0.3, 0.4) is 0 Å². The average Bonchev–Trinajstić information content (AvgIpc) is 3.18. The van der Waals surface area contributed by atoms with Crippen molar-refractivity contribution in [1.29, 1.82) is 5.26 Å². The molecule has 1 saturated heterocycles.